The molecule has 0 bridgehead atoms. The van der Waals surface area contributed by atoms with Gasteiger partial charge in [-0.3, -0.25) is 4.79 Å². The van der Waals surface area contributed by atoms with E-state index in [1.54, 1.807) is 38.1 Å². The van der Waals surface area contributed by atoms with E-state index in [2.05, 4.69) is 10.4 Å². The molecule has 35 heavy (non-hydrogen) atoms. The second-order valence-electron chi connectivity index (χ2n) is 7.98. The van der Waals surface area contributed by atoms with Crippen LogP contribution in [0.15, 0.2) is 52.5 Å². The van der Waals surface area contributed by atoms with Crippen molar-refractivity contribution >= 4 is 44.8 Å². The molecule has 1 atom stereocenters. The highest BCUT2D eigenvalue weighted by molar-refractivity contribution is 7.90. The minimum atomic E-state index is -4.91. The number of hydrogen-bond acceptors (Lipinski definition) is 6. The summed E-state index contributed by atoms with van der Waals surface area (Å²) in [7, 11) is -4.26. The van der Waals surface area contributed by atoms with E-state index in [1.165, 1.54) is 0 Å². The second-order valence-corrected chi connectivity index (χ2v) is 10.4. The number of alkyl halides is 3. The van der Waals surface area contributed by atoms with Crippen LogP contribution in [0.2, 0.25) is 5.02 Å². The highest BCUT2D eigenvalue weighted by Gasteiger charge is 2.48. The van der Waals surface area contributed by atoms with E-state index in [0.29, 0.717) is 22.9 Å². The maximum Gasteiger partial charge on any atom is 0.417 e. The van der Waals surface area contributed by atoms with Crippen molar-refractivity contribution in [3.63, 3.8) is 0 Å². The fraction of sp³-hybridized carbons (Fsp3) is 0.318. The average Bonchev–Trinajstić information content (AvgIpc) is 3.12. The number of urea groups is 1. The number of carbonyl (C=O) groups excluding carboxylic acids is 2. The van der Waals surface area contributed by atoms with Crippen LogP contribution >= 0.6 is 11.6 Å². The summed E-state index contributed by atoms with van der Waals surface area (Å²) in [5.74, 6) is -0.627. The zero-order chi connectivity index (χ0) is 26.2. The van der Waals surface area contributed by atoms with Gasteiger partial charge in [-0.1, -0.05) is 23.7 Å². The van der Waals surface area contributed by atoms with Crippen LogP contribution in [0.4, 0.5) is 23.7 Å². The maximum atomic E-state index is 13.2. The molecule has 0 aromatic heterocycles. The van der Waals surface area contributed by atoms with Gasteiger partial charge in [0.05, 0.1) is 29.3 Å². The van der Waals surface area contributed by atoms with Crippen molar-refractivity contribution in [2.75, 3.05) is 24.7 Å². The minimum Gasteiger partial charge on any atom is -0.465 e. The summed E-state index contributed by atoms with van der Waals surface area (Å²) in [5, 5.41) is 7.98. The molecule has 0 spiro atoms. The third kappa shape index (κ3) is 5.59. The predicted molar refractivity (Wildman–Crippen MR) is 123 cm³/mol. The number of carbonyl (C=O) groups is 2. The number of hydrogen-bond donors (Lipinski definition) is 1. The van der Waals surface area contributed by atoms with Crippen LogP contribution in [-0.2, 0) is 25.5 Å². The molecule has 1 N–H and O–H groups in total. The molecule has 0 saturated carbocycles. The molecule has 8 nitrogen and oxygen atoms in total. The molecule has 3 rings (SSSR count). The number of nitrogens with zero attached hydrogens (tertiary/aromatic N) is 2. The Labute approximate surface area is 204 Å². The van der Waals surface area contributed by atoms with Gasteiger partial charge in [-0.25, -0.2) is 18.2 Å². The topological polar surface area (TPSA) is 105 Å². The van der Waals surface area contributed by atoms with Crippen molar-refractivity contribution < 1.29 is 35.9 Å². The number of benzene rings is 2. The Morgan fingerprint density at radius 1 is 1.20 bits per heavy atom. The van der Waals surface area contributed by atoms with Crippen LogP contribution in [-0.4, -0.2) is 50.5 Å². The summed E-state index contributed by atoms with van der Waals surface area (Å²) in [5.41, 5.74) is -2.16. The molecule has 0 aliphatic carbocycles. The van der Waals surface area contributed by atoms with Gasteiger partial charge < -0.3 is 10.1 Å². The maximum absolute atomic E-state index is 13.2. The van der Waals surface area contributed by atoms with Gasteiger partial charge in [0.1, 0.15) is 5.41 Å². The molecule has 1 unspecified atom stereocenters. The molecule has 0 saturated heterocycles. The summed E-state index contributed by atoms with van der Waals surface area (Å²) in [4.78, 5) is 24.7. The molecule has 1 aliphatic heterocycles. The third-order valence-electron chi connectivity index (χ3n) is 5.23. The first kappa shape index (κ1) is 26.5. The lowest BCUT2D eigenvalue weighted by Gasteiger charge is -2.24. The Morgan fingerprint density at radius 2 is 1.83 bits per heavy atom. The van der Waals surface area contributed by atoms with E-state index in [-0.39, 0.29) is 24.6 Å². The van der Waals surface area contributed by atoms with Crippen molar-refractivity contribution in [1.82, 2.24) is 5.01 Å². The Kier molecular flexibility index (Phi) is 7.19. The highest BCUT2D eigenvalue weighted by atomic mass is 35.5. The van der Waals surface area contributed by atoms with Gasteiger partial charge in [0.25, 0.3) is 0 Å². The highest BCUT2D eigenvalue weighted by Crippen LogP contribution is 2.36. The minimum absolute atomic E-state index is 0.0916. The largest absolute Gasteiger partial charge is 0.465 e. The van der Waals surface area contributed by atoms with Crippen LogP contribution in [0.1, 0.15) is 25.0 Å². The second kappa shape index (κ2) is 9.50. The van der Waals surface area contributed by atoms with E-state index < -0.39 is 43.9 Å². The van der Waals surface area contributed by atoms with Crippen molar-refractivity contribution in [1.29, 1.82) is 0 Å². The Balaban J connectivity index is 1.96. The number of ether oxygens (including phenoxy) is 1. The normalized spacial score (nSPS) is 18.3. The number of esters is 1. The van der Waals surface area contributed by atoms with Crippen molar-refractivity contribution in [3.05, 3.63) is 58.6 Å². The van der Waals surface area contributed by atoms with E-state index in [1.807, 2.05) is 0 Å². The smallest absolute Gasteiger partial charge is 0.417 e. The molecule has 2 aromatic rings. The lowest BCUT2D eigenvalue weighted by molar-refractivity contribution is -0.150. The Hall–Kier alpha value is -3.12. The lowest BCUT2D eigenvalue weighted by atomic mass is 9.82. The third-order valence-corrected chi connectivity index (χ3v) is 6.61. The zero-order valence-electron chi connectivity index (χ0n) is 18.8. The molecule has 1 aliphatic rings. The first-order valence-corrected chi connectivity index (χ1v) is 12.5. The number of halogens is 4. The average molecular weight is 532 g/mol. The molecule has 0 fully saturated rings. The van der Waals surface area contributed by atoms with Gasteiger partial charge in [0.2, 0.25) is 0 Å². The number of amides is 2. The van der Waals surface area contributed by atoms with E-state index in [9.17, 15) is 31.2 Å². The quantitative estimate of drug-likeness (QED) is 0.568. The van der Waals surface area contributed by atoms with Crippen LogP contribution < -0.4 is 5.32 Å². The van der Waals surface area contributed by atoms with E-state index >= 15 is 0 Å². The number of sulfone groups is 1. The summed E-state index contributed by atoms with van der Waals surface area (Å²) in [6.07, 6.45) is -4.27. The summed E-state index contributed by atoms with van der Waals surface area (Å²) in [6, 6.07) is 7.75. The van der Waals surface area contributed by atoms with Crippen molar-refractivity contribution in [3.8, 4) is 0 Å². The van der Waals surface area contributed by atoms with E-state index in [0.717, 1.165) is 17.1 Å². The number of rotatable bonds is 5. The molecular formula is C22H21ClF3N3O5S. The Morgan fingerprint density at radius 3 is 2.37 bits per heavy atom. The predicted octanol–water partition coefficient (Wildman–Crippen LogP) is 4.58. The van der Waals surface area contributed by atoms with Gasteiger partial charge in [-0.15, -0.1) is 0 Å². The lowest BCUT2D eigenvalue weighted by Crippen LogP contribution is -2.42. The first-order valence-electron chi connectivity index (χ1n) is 10.2. The van der Waals surface area contributed by atoms with Crippen molar-refractivity contribution in [2.24, 2.45) is 10.5 Å². The number of nitrogens with one attached hydrogen (secondary N) is 1. The summed E-state index contributed by atoms with van der Waals surface area (Å²) in [6.45, 7) is 3.04. The monoisotopic (exact) mass is 531 g/mol. The number of anilines is 1. The molecule has 0 radical (unpaired) electrons. The van der Waals surface area contributed by atoms with Crippen LogP contribution in [0.25, 0.3) is 0 Å². The summed E-state index contributed by atoms with van der Waals surface area (Å²) >= 11 is 5.94. The number of hydrazone groups is 1. The standard InChI is InChI=1S/C22H21ClF3N3O5S/c1-4-34-19(30)21(2)12-29(28-18(21)13-5-7-14(23)8-6-13)20(31)27-15-9-10-16(22(24,25)26)17(11-15)35(3,32)33/h5-11H,4,12H2,1-3H3,(H,27,31). The van der Waals surface area contributed by atoms with Crippen molar-refractivity contribution in [2.45, 2.75) is 24.9 Å². The van der Waals surface area contributed by atoms with Gasteiger partial charge in [0.15, 0.2) is 9.84 Å². The SMILES string of the molecule is CCOC(=O)C1(C)CN(C(=O)Nc2ccc(C(F)(F)F)c(S(C)(=O)=O)c2)N=C1c1ccc(Cl)cc1. The molecule has 188 valence electrons. The van der Waals surface area contributed by atoms with E-state index in [4.69, 9.17) is 16.3 Å². The van der Waals surface area contributed by atoms with Crippen LogP contribution in [0.3, 0.4) is 0 Å². The van der Waals surface area contributed by atoms with Gasteiger partial charge >= 0.3 is 18.2 Å². The molecule has 2 aromatic carbocycles. The fourth-order valence-electron chi connectivity index (χ4n) is 3.52. The van der Waals surface area contributed by atoms with Gasteiger partial charge in [-0.2, -0.15) is 18.3 Å². The Bertz CT molecular complexity index is 1300. The molecular weight excluding hydrogens is 511 g/mol. The van der Waals surface area contributed by atoms with Gasteiger partial charge in [0, 0.05) is 17.0 Å². The molecule has 1 heterocycles. The van der Waals surface area contributed by atoms with Crippen LogP contribution in [0, 0.1) is 5.41 Å². The van der Waals surface area contributed by atoms with Gasteiger partial charge in [-0.05, 0) is 49.7 Å². The zero-order valence-corrected chi connectivity index (χ0v) is 20.4. The first-order chi connectivity index (χ1) is 16.2. The molecule has 2 amide bonds. The fourth-order valence-corrected chi connectivity index (χ4v) is 4.57. The van der Waals surface area contributed by atoms with Crippen LogP contribution in [0.5, 0.6) is 0 Å². The summed E-state index contributed by atoms with van der Waals surface area (Å²) < 4.78 is 68.8. The molecule has 13 heteroatoms.